The molecular formula is C11H20N2O2. The standard InChI is InChI=1S/C11H20N2O2/c1-12-5-4-9(6-12)7-13(8-11(14)15)10-2-3-10/h9-10H,2-8H2,1H3,(H,14,15)/t9-/m0/s1. The van der Waals surface area contributed by atoms with Crippen molar-refractivity contribution < 1.29 is 9.90 Å². The molecule has 0 spiro atoms. The first-order valence-electron chi connectivity index (χ1n) is 5.79. The van der Waals surface area contributed by atoms with Crippen molar-refractivity contribution in [3.63, 3.8) is 0 Å². The van der Waals surface area contributed by atoms with Gasteiger partial charge in [0.1, 0.15) is 0 Å². The van der Waals surface area contributed by atoms with Gasteiger partial charge in [-0.1, -0.05) is 0 Å². The first-order valence-corrected chi connectivity index (χ1v) is 5.79. The Bertz CT molecular complexity index is 241. The van der Waals surface area contributed by atoms with Crippen LogP contribution < -0.4 is 0 Å². The largest absolute Gasteiger partial charge is 0.480 e. The van der Waals surface area contributed by atoms with Crippen molar-refractivity contribution in [2.45, 2.75) is 25.3 Å². The number of hydrogen-bond acceptors (Lipinski definition) is 3. The molecule has 0 unspecified atom stereocenters. The summed E-state index contributed by atoms with van der Waals surface area (Å²) in [6.07, 6.45) is 3.60. The maximum Gasteiger partial charge on any atom is 0.317 e. The van der Waals surface area contributed by atoms with E-state index >= 15 is 0 Å². The van der Waals surface area contributed by atoms with E-state index in [1.807, 2.05) is 0 Å². The first kappa shape index (κ1) is 10.9. The molecule has 15 heavy (non-hydrogen) atoms. The molecule has 1 saturated heterocycles. The van der Waals surface area contributed by atoms with Crippen LogP contribution in [0.4, 0.5) is 0 Å². The van der Waals surface area contributed by atoms with Gasteiger partial charge in [0.05, 0.1) is 6.54 Å². The minimum Gasteiger partial charge on any atom is -0.480 e. The lowest BCUT2D eigenvalue weighted by molar-refractivity contribution is -0.138. The molecule has 0 radical (unpaired) electrons. The van der Waals surface area contributed by atoms with Gasteiger partial charge in [-0.15, -0.1) is 0 Å². The second kappa shape index (κ2) is 4.49. The Labute approximate surface area is 90.9 Å². The number of carbonyl (C=O) groups is 1. The lowest BCUT2D eigenvalue weighted by atomic mass is 10.1. The molecule has 0 aromatic heterocycles. The molecule has 2 fully saturated rings. The smallest absolute Gasteiger partial charge is 0.317 e. The number of nitrogens with zero attached hydrogens (tertiary/aromatic N) is 2. The second-order valence-electron chi connectivity index (χ2n) is 4.97. The molecule has 0 amide bonds. The monoisotopic (exact) mass is 212 g/mol. The van der Waals surface area contributed by atoms with E-state index in [-0.39, 0.29) is 6.54 Å². The zero-order valence-electron chi connectivity index (χ0n) is 9.35. The van der Waals surface area contributed by atoms with Crippen LogP contribution in [0.1, 0.15) is 19.3 Å². The summed E-state index contributed by atoms with van der Waals surface area (Å²) >= 11 is 0. The summed E-state index contributed by atoms with van der Waals surface area (Å²) in [7, 11) is 2.14. The molecule has 1 N–H and O–H groups in total. The Morgan fingerprint density at radius 2 is 2.20 bits per heavy atom. The minimum atomic E-state index is -0.687. The van der Waals surface area contributed by atoms with Gasteiger partial charge >= 0.3 is 5.97 Å². The lowest BCUT2D eigenvalue weighted by Gasteiger charge is -2.23. The summed E-state index contributed by atoms with van der Waals surface area (Å²) in [4.78, 5) is 15.2. The molecule has 0 aromatic rings. The second-order valence-corrected chi connectivity index (χ2v) is 4.97. The quantitative estimate of drug-likeness (QED) is 0.720. The van der Waals surface area contributed by atoms with Crippen LogP contribution in [0.25, 0.3) is 0 Å². The van der Waals surface area contributed by atoms with Crippen LogP contribution >= 0.6 is 0 Å². The summed E-state index contributed by atoms with van der Waals surface area (Å²) in [5.74, 6) is -0.0109. The zero-order valence-corrected chi connectivity index (χ0v) is 9.35. The van der Waals surface area contributed by atoms with E-state index in [9.17, 15) is 4.79 Å². The Morgan fingerprint density at radius 3 is 2.67 bits per heavy atom. The van der Waals surface area contributed by atoms with Crippen LogP contribution in [0.2, 0.25) is 0 Å². The molecule has 0 aromatic carbocycles. The first-order chi connectivity index (χ1) is 7.15. The van der Waals surface area contributed by atoms with Gasteiger partial charge in [0, 0.05) is 19.1 Å². The molecule has 2 rings (SSSR count). The average molecular weight is 212 g/mol. The van der Waals surface area contributed by atoms with Gasteiger partial charge in [-0.25, -0.2) is 0 Å². The zero-order chi connectivity index (χ0) is 10.8. The summed E-state index contributed by atoms with van der Waals surface area (Å²) in [5.41, 5.74) is 0. The van der Waals surface area contributed by atoms with Gasteiger partial charge < -0.3 is 10.0 Å². The number of carboxylic acids is 1. The fourth-order valence-corrected chi connectivity index (χ4v) is 2.46. The Morgan fingerprint density at radius 1 is 1.47 bits per heavy atom. The third-order valence-corrected chi connectivity index (χ3v) is 3.38. The normalized spacial score (nSPS) is 27.5. The van der Waals surface area contributed by atoms with Crippen LogP contribution in [0.15, 0.2) is 0 Å². The SMILES string of the molecule is CN1CC[C@H](CN(CC(=O)O)C2CC2)C1. The van der Waals surface area contributed by atoms with E-state index in [0.717, 1.165) is 19.6 Å². The molecule has 4 nitrogen and oxygen atoms in total. The van der Waals surface area contributed by atoms with Gasteiger partial charge in [0.2, 0.25) is 0 Å². The van der Waals surface area contributed by atoms with Crippen molar-refractivity contribution in [2.24, 2.45) is 5.92 Å². The Hall–Kier alpha value is -0.610. The van der Waals surface area contributed by atoms with Crippen molar-refractivity contribution in [1.82, 2.24) is 9.80 Å². The van der Waals surface area contributed by atoms with Crippen molar-refractivity contribution in [3.8, 4) is 0 Å². The highest BCUT2D eigenvalue weighted by atomic mass is 16.4. The van der Waals surface area contributed by atoms with E-state index in [0.29, 0.717) is 12.0 Å². The molecule has 4 heteroatoms. The number of carboxylic acid groups (broad SMARTS) is 1. The fraction of sp³-hybridized carbons (Fsp3) is 0.909. The lowest BCUT2D eigenvalue weighted by Crippen LogP contribution is -2.36. The highest BCUT2D eigenvalue weighted by Gasteiger charge is 2.33. The predicted octanol–water partition coefficient (Wildman–Crippen LogP) is 0.487. The van der Waals surface area contributed by atoms with Crippen LogP contribution in [-0.2, 0) is 4.79 Å². The third-order valence-electron chi connectivity index (χ3n) is 3.38. The van der Waals surface area contributed by atoms with Crippen molar-refractivity contribution in [3.05, 3.63) is 0 Å². The van der Waals surface area contributed by atoms with Gasteiger partial charge in [-0.05, 0) is 38.8 Å². The average Bonchev–Trinajstić information content (AvgIpc) is 2.90. The number of hydrogen-bond donors (Lipinski definition) is 1. The number of likely N-dealkylation sites (tertiary alicyclic amines) is 1. The van der Waals surface area contributed by atoms with Crippen LogP contribution in [0, 0.1) is 5.92 Å². The molecule has 1 aliphatic carbocycles. The third kappa shape index (κ3) is 3.18. The Balaban J connectivity index is 1.80. The Kier molecular flexibility index (Phi) is 3.26. The fourth-order valence-electron chi connectivity index (χ4n) is 2.46. The van der Waals surface area contributed by atoms with Crippen LogP contribution in [-0.4, -0.2) is 60.1 Å². The molecule has 1 atom stereocenters. The molecule has 86 valence electrons. The molecule has 1 heterocycles. The molecular weight excluding hydrogens is 192 g/mol. The number of aliphatic carboxylic acids is 1. The maximum absolute atomic E-state index is 10.7. The molecule has 0 bridgehead atoms. The van der Waals surface area contributed by atoms with E-state index in [4.69, 9.17) is 5.11 Å². The molecule has 1 saturated carbocycles. The predicted molar refractivity (Wildman–Crippen MR) is 57.8 cm³/mol. The number of rotatable bonds is 5. The summed E-state index contributed by atoms with van der Waals surface area (Å²) in [6, 6.07) is 0.562. The van der Waals surface area contributed by atoms with E-state index in [1.54, 1.807) is 0 Å². The van der Waals surface area contributed by atoms with Gasteiger partial charge in [0.15, 0.2) is 0 Å². The molecule has 2 aliphatic rings. The van der Waals surface area contributed by atoms with Crippen molar-refractivity contribution >= 4 is 5.97 Å². The van der Waals surface area contributed by atoms with E-state index < -0.39 is 5.97 Å². The van der Waals surface area contributed by atoms with Gasteiger partial charge in [0.25, 0.3) is 0 Å². The minimum absolute atomic E-state index is 0.227. The summed E-state index contributed by atoms with van der Waals surface area (Å²) in [6.45, 7) is 3.49. The highest BCUT2D eigenvalue weighted by Crippen LogP contribution is 2.28. The van der Waals surface area contributed by atoms with E-state index in [2.05, 4.69) is 16.8 Å². The summed E-state index contributed by atoms with van der Waals surface area (Å²) in [5, 5.41) is 8.83. The van der Waals surface area contributed by atoms with Crippen molar-refractivity contribution in [1.29, 1.82) is 0 Å². The van der Waals surface area contributed by atoms with Crippen LogP contribution in [0.3, 0.4) is 0 Å². The van der Waals surface area contributed by atoms with Gasteiger partial charge in [-0.3, -0.25) is 9.69 Å². The topological polar surface area (TPSA) is 43.8 Å². The maximum atomic E-state index is 10.7. The van der Waals surface area contributed by atoms with Gasteiger partial charge in [-0.2, -0.15) is 0 Å². The van der Waals surface area contributed by atoms with E-state index in [1.165, 1.54) is 19.3 Å². The summed E-state index contributed by atoms with van der Waals surface area (Å²) < 4.78 is 0. The molecule has 1 aliphatic heterocycles. The highest BCUT2D eigenvalue weighted by molar-refractivity contribution is 5.69. The van der Waals surface area contributed by atoms with Crippen LogP contribution in [0.5, 0.6) is 0 Å². The van der Waals surface area contributed by atoms with Crippen molar-refractivity contribution in [2.75, 3.05) is 33.2 Å².